The fourth-order valence-electron chi connectivity index (χ4n) is 2.58. The van der Waals surface area contributed by atoms with Crippen LogP contribution in [0.5, 0.6) is 0 Å². The average molecular weight is 325 g/mol. The highest BCUT2D eigenvalue weighted by atomic mass is 16.3. The Morgan fingerprint density at radius 1 is 1.08 bits per heavy atom. The normalized spacial score (nSPS) is 16.5. The largest absolute Gasteiger partial charge is 0.506 e. The van der Waals surface area contributed by atoms with Gasteiger partial charge in [0.05, 0.1) is 16.7 Å². The van der Waals surface area contributed by atoms with Gasteiger partial charge in [-0.3, -0.25) is 9.97 Å². The van der Waals surface area contributed by atoms with Crippen molar-refractivity contribution in [2.75, 3.05) is 19.6 Å². The van der Waals surface area contributed by atoms with Crippen molar-refractivity contribution in [1.29, 1.82) is 0 Å². The van der Waals surface area contributed by atoms with Crippen molar-refractivity contribution in [3.8, 4) is 0 Å². The van der Waals surface area contributed by atoms with E-state index in [0.29, 0.717) is 18.8 Å². The highest BCUT2D eigenvalue weighted by Gasteiger charge is 2.06. The zero-order valence-corrected chi connectivity index (χ0v) is 13.6. The third-order valence-electron chi connectivity index (χ3n) is 3.91. The summed E-state index contributed by atoms with van der Waals surface area (Å²) in [5.74, 6) is 0.277. The Labute approximate surface area is 141 Å². The van der Waals surface area contributed by atoms with E-state index in [1.54, 1.807) is 24.7 Å². The molecule has 0 aliphatic carbocycles. The monoisotopic (exact) mass is 325 g/mol. The Morgan fingerprint density at radius 2 is 1.88 bits per heavy atom. The zero-order valence-electron chi connectivity index (χ0n) is 13.6. The van der Waals surface area contributed by atoms with Gasteiger partial charge in [-0.1, -0.05) is 6.07 Å². The highest BCUT2D eigenvalue weighted by Crippen LogP contribution is 2.12. The first-order valence-electron chi connectivity index (χ1n) is 8.30. The van der Waals surface area contributed by atoms with Crippen molar-refractivity contribution in [1.82, 2.24) is 25.9 Å². The van der Waals surface area contributed by atoms with Gasteiger partial charge in [0.2, 0.25) is 0 Å². The van der Waals surface area contributed by atoms with Crippen molar-refractivity contribution in [2.45, 2.75) is 19.4 Å². The van der Waals surface area contributed by atoms with E-state index < -0.39 is 0 Å². The third-order valence-corrected chi connectivity index (χ3v) is 3.91. The first kappa shape index (κ1) is 16.3. The molecule has 0 amide bonds. The molecule has 1 saturated heterocycles. The first-order chi connectivity index (χ1) is 11.8. The summed E-state index contributed by atoms with van der Waals surface area (Å²) in [5.41, 5.74) is 3.54. The van der Waals surface area contributed by atoms with E-state index >= 15 is 0 Å². The Bertz CT molecular complexity index is 729. The molecule has 0 unspecified atom stereocenters. The van der Waals surface area contributed by atoms with E-state index in [4.69, 9.17) is 0 Å². The maximum atomic E-state index is 9.69. The number of dihydropyridines is 1. The highest BCUT2D eigenvalue weighted by molar-refractivity contribution is 5.74. The van der Waals surface area contributed by atoms with Crippen LogP contribution in [0, 0.1) is 0 Å². The Balaban J connectivity index is 0.000000290. The van der Waals surface area contributed by atoms with Gasteiger partial charge in [0.15, 0.2) is 0 Å². The summed E-state index contributed by atoms with van der Waals surface area (Å²) in [7, 11) is 0. The Kier molecular flexibility index (Phi) is 5.63. The number of hydrogen-bond acceptors (Lipinski definition) is 6. The molecule has 0 saturated carbocycles. The van der Waals surface area contributed by atoms with E-state index in [1.165, 1.54) is 25.9 Å². The van der Waals surface area contributed by atoms with Gasteiger partial charge in [-0.25, -0.2) is 0 Å². The summed E-state index contributed by atoms with van der Waals surface area (Å²) in [6, 6.07) is 5.94. The maximum absolute atomic E-state index is 9.69. The van der Waals surface area contributed by atoms with E-state index in [1.807, 2.05) is 18.2 Å². The molecule has 3 heterocycles. The molecule has 2 aliphatic rings. The summed E-state index contributed by atoms with van der Waals surface area (Å²) in [4.78, 5) is 8.50. The molecule has 4 rings (SSSR count). The zero-order chi connectivity index (χ0) is 16.6. The molecule has 2 aromatic rings. The number of rotatable bonds is 3. The smallest absolute Gasteiger partial charge is 0.137 e. The number of nitrogens with zero attached hydrogens (tertiary/aromatic N) is 2. The molecule has 6 nitrogen and oxygen atoms in total. The molecule has 0 radical (unpaired) electrons. The number of benzene rings is 1. The van der Waals surface area contributed by atoms with Gasteiger partial charge in [-0.2, -0.15) is 0 Å². The first-order valence-corrected chi connectivity index (χ1v) is 8.30. The van der Waals surface area contributed by atoms with Crippen molar-refractivity contribution in [2.24, 2.45) is 0 Å². The lowest BCUT2D eigenvalue weighted by Crippen LogP contribution is -2.22. The van der Waals surface area contributed by atoms with Crippen LogP contribution in [0.3, 0.4) is 0 Å². The van der Waals surface area contributed by atoms with Crippen LogP contribution >= 0.6 is 0 Å². The molecule has 0 spiro atoms. The van der Waals surface area contributed by atoms with Gasteiger partial charge in [0.25, 0.3) is 0 Å². The molecule has 126 valence electrons. The predicted octanol–water partition coefficient (Wildman–Crippen LogP) is 1.98. The van der Waals surface area contributed by atoms with Crippen molar-refractivity contribution < 1.29 is 5.11 Å². The minimum absolute atomic E-state index is 0.277. The quantitative estimate of drug-likeness (QED) is 0.691. The molecular weight excluding hydrogens is 302 g/mol. The fourth-order valence-corrected chi connectivity index (χ4v) is 2.58. The maximum Gasteiger partial charge on any atom is 0.137 e. The van der Waals surface area contributed by atoms with Crippen LogP contribution < -0.4 is 16.0 Å². The van der Waals surface area contributed by atoms with Gasteiger partial charge in [0, 0.05) is 31.7 Å². The number of aliphatic hydroxyl groups excluding tert-OH is 1. The van der Waals surface area contributed by atoms with E-state index in [0.717, 1.165) is 16.6 Å². The van der Waals surface area contributed by atoms with Gasteiger partial charge in [0.1, 0.15) is 5.76 Å². The van der Waals surface area contributed by atoms with Crippen LogP contribution in [-0.4, -0.2) is 34.7 Å². The lowest BCUT2D eigenvalue weighted by atomic mass is 10.2. The predicted molar refractivity (Wildman–Crippen MR) is 95.3 cm³/mol. The minimum atomic E-state index is 0.277. The molecular formula is C18H23N5O. The summed E-state index contributed by atoms with van der Waals surface area (Å²) >= 11 is 0. The Hall–Kier alpha value is -2.60. The molecule has 1 aromatic carbocycles. The fraction of sp³-hybridized carbons (Fsp3) is 0.333. The molecule has 24 heavy (non-hydrogen) atoms. The second-order valence-corrected chi connectivity index (χ2v) is 5.75. The average Bonchev–Trinajstić information content (AvgIpc) is 3.21. The molecule has 1 fully saturated rings. The summed E-state index contributed by atoms with van der Waals surface area (Å²) < 4.78 is 0. The second-order valence-electron chi connectivity index (χ2n) is 5.75. The van der Waals surface area contributed by atoms with Crippen molar-refractivity contribution >= 4 is 11.0 Å². The lowest BCUT2D eigenvalue weighted by Gasteiger charge is -2.14. The van der Waals surface area contributed by atoms with Gasteiger partial charge in [-0.05, 0) is 49.7 Å². The number of nitrogens with one attached hydrogen (secondary N) is 3. The van der Waals surface area contributed by atoms with Crippen LogP contribution in [0.4, 0.5) is 0 Å². The number of hydrogen-bond donors (Lipinski definition) is 4. The SMILES string of the molecule is C1CCNC1.OC1=CCNC=C1NCc1ccc2nccnc2c1. The second kappa shape index (κ2) is 8.31. The minimum Gasteiger partial charge on any atom is -0.506 e. The van der Waals surface area contributed by atoms with Crippen molar-refractivity contribution in [3.63, 3.8) is 0 Å². The van der Waals surface area contributed by atoms with Crippen LogP contribution in [0.1, 0.15) is 18.4 Å². The molecule has 0 atom stereocenters. The van der Waals surface area contributed by atoms with Crippen LogP contribution in [0.15, 0.2) is 54.3 Å². The van der Waals surface area contributed by atoms with Gasteiger partial charge >= 0.3 is 0 Å². The topological polar surface area (TPSA) is 82.1 Å². The third kappa shape index (κ3) is 4.45. The Morgan fingerprint density at radius 3 is 2.58 bits per heavy atom. The van der Waals surface area contributed by atoms with Crippen LogP contribution in [0.25, 0.3) is 11.0 Å². The lowest BCUT2D eigenvalue weighted by molar-refractivity contribution is 0.406. The molecule has 2 aliphatic heterocycles. The molecule has 4 N–H and O–H groups in total. The molecule has 0 bridgehead atoms. The summed E-state index contributed by atoms with van der Waals surface area (Å²) in [5, 5.41) is 19.1. The summed E-state index contributed by atoms with van der Waals surface area (Å²) in [6.07, 6.45) is 9.65. The van der Waals surface area contributed by atoms with E-state index in [2.05, 4.69) is 25.9 Å². The van der Waals surface area contributed by atoms with E-state index in [-0.39, 0.29) is 5.76 Å². The van der Waals surface area contributed by atoms with Crippen molar-refractivity contribution in [3.05, 3.63) is 59.9 Å². The molecule has 6 heteroatoms. The number of aromatic nitrogens is 2. The van der Waals surface area contributed by atoms with Gasteiger partial charge < -0.3 is 21.1 Å². The summed E-state index contributed by atoms with van der Waals surface area (Å²) in [6.45, 7) is 3.78. The number of fused-ring (bicyclic) bond motifs is 1. The van der Waals surface area contributed by atoms with Gasteiger partial charge in [-0.15, -0.1) is 0 Å². The van der Waals surface area contributed by atoms with E-state index in [9.17, 15) is 5.11 Å². The van der Waals surface area contributed by atoms with Crippen LogP contribution in [-0.2, 0) is 6.54 Å². The van der Waals surface area contributed by atoms with Crippen LogP contribution in [0.2, 0.25) is 0 Å². The molecule has 1 aromatic heterocycles. The number of aliphatic hydroxyl groups is 1. The standard InChI is InChI=1S/C14H14N4O.C4H9N/c19-14-3-4-15-9-13(14)18-8-10-1-2-11-12(7-10)17-6-5-16-11;1-2-4-5-3-1/h1-3,5-7,9,15,18-19H,4,8H2;5H,1-4H2.